The second-order valence-corrected chi connectivity index (χ2v) is 5.12. The van der Waals surface area contributed by atoms with Crippen molar-refractivity contribution in [1.82, 2.24) is 4.90 Å². The summed E-state index contributed by atoms with van der Waals surface area (Å²) in [6, 6.07) is 8.93. The molecule has 0 saturated heterocycles. The van der Waals surface area contributed by atoms with E-state index in [0.717, 1.165) is 0 Å². The average molecular weight is 290 g/mol. The van der Waals surface area contributed by atoms with Gasteiger partial charge in [0.2, 0.25) is 0 Å². The number of benzene rings is 1. The molecule has 114 valence electrons. The molecule has 5 nitrogen and oxygen atoms in total. The minimum atomic E-state index is -0.103. The fourth-order valence-corrected chi connectivity index (χ4v) is 1.88. The van der Waals surface area contributed by atoms with Crippen molar-refractivity contribution in [2.75, 3.05) is 33.4 Å². The van der Waals surface area contributed by atoms with E-state index in [1.807, 2.05) is 6.07 Å². The molecule has 0 saturated carbocycles. The number of nitrogens with zero attached hydrogens (tertiary/aromatic N) is 2. The van der Waals surface area contributed by atoms with Gasteiger partial charge in [0, 0.05) is 20.2 Å². The van der Waals surface area contributed by atoms with Gasteiger partial charge in [-0.25, -0.2) is 0 Å². The number of para-hydroxylation sites is 1. The van der Waals surface area contributed by atoms with E-state index < -0.39 is 0 Å². The summed E-state index contributed by atoms with van der Waals surface area (Å²) in [4.78, 5) is 13.9. The number of hydrogen-bond donors (Lipinski definition) is 0. The number of methoxy groups -OCH3 is 1. The molecule has 0 N–H and O–H groups in total. The standard InChI is InChI=1S/C16H22N2O3/c1-13(2)11-18(8-9-20-3)16(19)12-21-15-7-5-4-6-14(15)10-17/h4-7,13H,8-9,11-12H2,1-3H3. The fraction of sp³-hybridized carbons (Fsp3) is 0.500. The second-order valence-electron chi connectivity index (χ2n) is 5.12. The lowest BCUT2D eigenvalue weighted by Gasteiger charge is -2.24. The maximum atomic E-state index is 12.2. The molecular formula is C16H22N2O3. The van der Waals surface area contributed by atoms with Crippen LogP contribution in [0.5, 0.6) is 5.75 Å². The maximum Gasteiger partial charge on any atom is 0.260 e. The van der Waals surface area contributed by atoms with Crippen molar-refractivity contribution < 1.29 is 14.3 Å². The number of hydrogen-bond acceptors (Lipinski definition) is 4. The van der Waals surface area contributed by atoms with E-state index in [0.29, 0.717) is 36.9 Å². The quantitative estimate of drug-likeness (QED) is 0.735. The molecule has 1 aromatic carbocycles. The summed E-state index contributed by atoms with van der Waals surface area (Å²) in [7, 11) is 1.61. The second kappa shape index (κ2) is 8.98. The molecule has 0 unspecified atom stereocenters. The molecule has 5 heteroatoms. The van der Waals surface area contributed by atoms with E-state index in [4.69, 9.17) is 14.7 Å². The van der Waals surface area contributed by atoms with Gasteiger partial charge in [-0.15, -0.1) is 0 Å². The Morgan fingerprint density at radius 2 is 2.10 bits per heavy atom. The molecule has 1 rings (SSSR count). The summed E-state index contributed by atoms with van der Waals surface area (Å²) >= 11 is 0. The van der Waals surface area contributed by atoms with Crippen molar-refractivity contribution in [3.63, 3.8) is 0 Å². The molecule has 0 heterocycles. The summed E-state index contributed by atoms with van der Waals surface area (Å²) < 4.78 is 10.5. The molecule has 0 fully saturated rings. The summed E-state index contributed by atoms with van der Waals surface area (Å²) in [6.45, 7) is 5.72. The highest BCUT2D eigenvalue weighted by molar-refractivity contribution is 5.77. The zero-order valence-corrected chi connectivity index (χ0v) is 12.8. The lowest BCUT2D eigenvalue weighted by molar-refractivity contribution is -0.134. The highest BCUT2D eigenvalue weighted by Gasteiger charge is 2.16. The Labute approximate surface area is 126 Å². The minimum Gasteiger partial charge on any atom is -0.482 e. The van der Waals surface area contributed by atoms with Crippen molar-refractivity contribution in [2.45, 2.75) is 13.8 Å². The molecule has 1 aromatic rings. The first-order chi connectivity index (χ1) is 10.1. The lowest BCUT2D eigenvalue weighted by atomic mass is 10.2. The van der Waals surface area contributed by atoms with Crippen LogP contribution >= 0.6 is 0 Å². The lowest BCUT2D eigenvalue weighted by Crippen LogP contribution is -2.39. The molecule has 0 radical (unpaired) electrons. The van der Waals surface area contributed by atoms with Crippen LogP contribution in [0.2, 0.25) is 0 Å². The van der Waals surface area contributed by atoms with Gasteiger partial charge in [-0.05, 0) is 18.1 Å². The average Bonchev–Trinajstić information content (AvgIpc) is 2.48. The smallest absolute Gasteiger partial charge is 0.260 e. The van der Waals surface area contributed by atoms with Gasteiger partial charge in [-0.3, -0.25) is 4.79 Å². The van der Waals surface area contributed by atoms with E-state index in [-0.39, 0.29) is 12.5 Å². The molecule has 0 spiro atoms. The largest absolute Gasteiger partial charge is 0.482 e. The molecule has 0 aliphatic carbocycles. The molecule has 0 bridgehead atoms. The number of carbonyl (C=O) groups is 1. The van der Waals surface area contributed by atoms with E-state index in [1.165, 1.54) is 0 Å². The normalized spacial score (nSPS) is 10.2. The van der Waals surface area contributed by atoms with Gasteiger partial charge in [0.1, 0.15) is 11.8 Å². The third kappa shape index (κ3) is 5.84. The molecule has 0 aliphatic rings. The van der Waals surface area contributed by atoms with Crippen LogP contribution in [0, 0.1) is 17.2 Å². The van der Waals surface area contributed by atoms with Crippen LogP contribution < -0.4 is 4.74 Å². The Bertz CT molecular complexity index is 495. The van der Waals surface area contributed by atoms with Gasteiger partial charge < -0.3 is 14.4 Å². The summed E-state index contributed by atoms with van der Waals surface area (Å²) in [5, 5.41) is 8.99. The first kappa shape index (κ1) is 17.0. The van der Waals surface area contributed by atoms with Gasteiger partial charge >= 0.3 is 0 Å². The van der Waals surface area contributed by atoms with Gasteiger partial charge in [0.15, 0.2) is 6.61 Å². The van der Waals surface area contributed by atoms with Crippen LogP contribution in [0.15, 0.2) is 24.3 Å². The fourth-order valence-electron chi connectivity index (χ4n) is 1.88. The monoisotopic (exact) mass is 290 g/mol. The Kier molecular flexibility index (Phi) is 7.27. The third-order valence-corrected chi connectivity index (χ3v) is 2.86. The van der Waals surface area contributed by atoms with Crippen LogP contribution in [0.25, 0.3) is 0 Å². The van der Waals surface area contributed by atoms with E-state index in [2.05, 4.69) is 13.8 Å². The molecule has 1 amide bonds. The van der Waals surface area contributed by atoms with Crippen molar-refractivity contribution in [2.24, 2.45) is 5.92 Å². The van der Waals surface area contributed by atoms with Crippen LogP contribution in [-0.4, -0.2) is 44.2 Å². The van der Waals surface area contributed by atoms with Crippen LogP contribution in [0.4, 0.5) is 0 Å². The van der Waals surface area contributed by atoms with Crippen LogP contribution in [-0.2, 0) is 9.53 Å². The zero-order valence-electron chi connectivity index (χ0n) is 12.8. The van der Waals surface area contributed by atoms with Gasteiger partial charge in [0.25, 0.3) is 5.91 Å². The zero-order chi connectivity index (χ0) is 15.7. The van der Waals surface area contributed by atoms with E-state index in [9.17, 15) is 4.79 Å². The SMILES string of the molecule is COCCN(CC(C)C)C(=O)COc1ccccc1C#N. The number of ether oxygens (including phenoxy) is 2. The number of amides is 1. The van der Waals surface area contributed by atoms with Gasteiger partial charge in [-0.2, -0.15) is 5.26 Å². The molecule has 0 aliphatic heterocycles. The topological polar surface area (TPSA) is 62.6 Å². The summed E-state index contributed by atoms with van der Waals surface area (Å²) in [5.41, 5.74) is 0.428. The molecule has 0 aromatic heterocycles. The Morgan fingerprint density at radius 3 is 2.71 bits per heavy atom. The minimum absolute atomic E-state index is 0.0743. The highest BCUT2D eigenvalue weighted by atomic mass is 16.5. The van der Waals surface area contributed by atoms with Crippen LogP contribution in [0.1, 0.15) is 19.4 Å². The van der Waals surface area contributed by atoms with Gasteiger partial charge in [-0.1, -0.05) is 26.0 Å². The first-order valence-corrected chi connectivity index (χ1v) is 6.97. The highest BCUT2D eigenvalue weighted by Crippen LogP contribution is 2.16. The van der Waals surface area contributed by atoms with Crippen molar-refractivity contribution in [3.8, 4) is 11.8 Å². The predicted molar refractivity (Wildman–Crippen MR) is 79.9 cm³/mol. The van der Waals surface area contributed by atoms with Crippen LogP contribution in [0.3, 0.4) is 0 Å². The maximum absolute atomic E-state index is 12.2. The first-order valence-electron chi connectivity index (χ1n) is 6.97. The number of carbonyl (C=O) groups excluding carboxylic acids is 1. The summed E-state index contributed by atoms with van der Waals surface area (Å²) in [6.07, 6.45) is 0. The van der Waals surface area contributed by atoms with Crippen molar-refractivity contribution in [3.05, 3.63) is 29.8 Å². The molecule has 21 heavy (non-hydrogen) atoms. The third-order valence-electron chi connectivity index (χ3n) is 2.86. The van der Waals surface area contributed by atoms with Crippen molar-refractivity contribution >= 4 is 5.91 Å². The van der Waals surface area contributed by atoms with E-state index >= 15 is 0 Å². The summed E-state index contributed by atoms with van der Waals surface area (Å²) in [5.74, 6) is 0.704. The van der Waals surface area contributed by atoms with Gasteiger partial charge in [0.05, 0.1) is 12.2 Å². The van der Waals surface area contributed by atoms with E-state index in [1.54, 1.807) is 36.3 Å². The Morgan fingerprint density at radius 1 is 1.38 bits per heavy atom. The Hall–Kier alpha value is -2.06. The molecule has 0 atom stereocenters. The molecular weight excluding hydrogens is 268 g/mol. The number of rotatable bonds is 8. The van der Waals surface area contributed by atoms with Crippen molar-refractivity contribution in [1.29, 1.82) is 5.26 Å². The predicted octanol–water partition coefficient (Wildman–Crippen LogP) is 2.07. The Balaban J connectivity index is 2.62. The number of nitriles is 1.